The molecule has 1 unspecified atom stereocenters. The summed E-state index contributed by atoms with van der Waals surface area (Å²) in [5.41, 5.74) is 3.91. The van der Waals surface area contributed by atoms with Gasteiger partial charge in [0.05, 0.1) is 11.6 Å². The van der Waals surface area contributed by atoms with Crippen LogP contribution >= 0.6 is 24.0 Å². The number of hydrogen-bond acceptors (Lipinski definition) is 5. The number of pyridine rings is 1. The molecule has 0 amide bonds. The number of aromatic nitrogens is 4. The van der Waals surface area contributed by atoms with E-state index < -0.39 is 0 Å². The number of rotatable bonds is 4. The molecule has 6 nitrogen and oxygen atoms in total. The molecule has 1 aromatic carbocycles. The molecule has 0 bridgehead atoms. The van der Waals surface area contributed by atoms with Crippen LogP contribution < -0.4 is 4.90 Å². The summed E-state index contributed by atoms with van der Waals surface area (Å²) in [7, 11) is 0. The highest BCUT2D eigenvalue weighted by Gasteiger charge is 2.27. The number of benzene rings is 1. The summed E-state index contributed by atoms with van der Waals surface area (Å²) in [6.45, 7) is 9.21. The van der Waals surface area contributed by atoms with Crippen molar-refractivity contribution in [2.24, 2.45) is 5.92 Å². The van der Waals surface area contributed by atoms with Crippen molar-refractivity contribution in [2.45, 2.75) is 33.1 Å². The van der Waals surface area contributed by atoms with Gasteiger partial charge in [0.25, 0.3) is 0 Å². The predicted octanol–water partition coefficient (Wildman–Crippen LogP) is 5.36. The molecular formula is C23H27IN6. The van der Waals surface area contributed by atoms with Crippen molar-refractivity contribution < 1.29 is 0 Å². The summed E-state index contributed by atoms with van der Waals surface area (Å²) in [5, 5.41) is 16.4. The highest BCUT2D eigenvalue weighted by Crippen LogP contribution is 2.32. The minimum absolute atomic E-state index is 0. The Labute approximate surface area is 195 Å². The lowest BCUT2D eigenvalue weighted by Crippen LogP contribution is -2.34. The van der Waals surface area contributed by atoms with E-state index in [-0.39, 0.29) is 24.0 Å². The Morgan fingerprint density at radius 1 is 1.17 bits per heavy atom. The van der Waals surface area contributed by atoms with Gasteiger partial charge >= 0.3 is 0 Å². The van der Waals surface area contributed by atoms with Gasteiger partial charge in [0.15, 0.2) is 5.82 Å². The molecule has 2 aromatic heterocycles. The van der Waals surface area contributed by atoms with Crippen LogP contribution in [-0.4, -0.2) is 26.7 Å². The van der Waals surface area contributed by atoms with Crippen LogP contribution in [0.5, 0.6) is 0 Å². The molecule has 0 radical (unpaired) electrons. The summed E-state index contributed by atoms with van der Waals surface area (Å²) in [5.74, 6) is 1.74. The molecule has 1 fully saturated rings. The van der Waals surface area contributed by atoms with Crippen molar-refractivity contribution >= 4 is 29.9 Å². The quantitative estimate of drug-likeness (QED) is 0.475. The predicted molar refractivity (Wildman–Crippen MR) is 130 cm³/mol. The van der Waals surface area contributed by atoms with Gasteiger partial charge in [-0.2, -0.15) is 10.2 Å². The van der Waals surface area contributed by atoms with Crippen molar-refractivity contribution in [3.8, 4) is 17.5 Å². The highest BCUT2D eigenvalue weighted by molar-refractivity contribution is 14.0. The van der Waals surface area contributed by atoms with Gasteiger partial charge in [-0.1, -0.05) is 32.6 Å². The van der Waals surface area contributed by atoms with Crippen LogP contribution in [0.25, 0.3) is 11.4 Å². The molecule has 0 saturated carbocycles. The topological polar surface area (TPSA) is 81.5 Å². The van der Waals surface area contributed by atoms with Gasteiger partial charge < -0.3 is 4.90 Å². The lowest BCUT2D eigenvalue weighted by molar-refractivity contribution is 0.471. The van der Waals surface area contributed by atoms with Crippen LogP contribution in [0.4, 0.5) is 5.95 Å². The average molecular weight is 514 g/mol. The van der Waals surface area contributed by atoms with Gasteiger partial charge in [-0.05, 0) is 49.1 Å². The van der Waals surface area contributed by atoms with Gasteiger partial charge in [0.1, 0.15) is 0 Å². The maximum absolute atomic E-state index is 8.95. The Hall–Kier alpha value is -2.73. The van der Waals surface area contributed by atoms with Gasteiger partial charge in [0, 0.05) is 36.1 Å². The van der Waals surface area contributed by atoms with E-state index in [1.54, 1.807) is 12.4 Å². The minimum atomic E-state index is 0. The molecule has 156 valence electrons. The van der Waals surface area contributed by atoms with Crippen LogP contribution in [0.2, 0.25) is 0 Å². The molecule has 7 heteroatoms. The number of nitrogens with one attached hydrogen (secondary N) is 1. The number of nitriles is 1. The van der Waals surface area contributed by atoms with E-state index in [0.29, 0.717) is 17.4 Å². The monoisotopic (exact) mass is 514 g/mol. The lowest BCUT2D eigenvalue weighted by atomic mass is 9.88. The van der Waals surface area contributed by atoms with Gasteiger partial charge in [0.2, 0.25) is 5.95 Å². The first-order valence-corrected chi connectivity index (χ1v) is 10.0. The molecule has 0 spiro atoms. The van der Waals surface area contributed by atoms with Crippen molar-refractivity contribution in [1.82, 2.24) is 20.2 Å². The zero-order valence-corrected chi connectivity index (χ0v) is 19.7. The largest absolute Gasteiger partial charge is 0.313 e. The van der Waals surface area contributed by atoms with Gasteiger partial charge in [-0.25, -0.2) is 0 Å². The fourth-order valence-electron chi connectivity index (χ4n) is 3.49. The fraction of sp³-hybridized carbons (Fsp3) is 0.304. The molecular weight excluding hydrogens is 487 g/mol. The number of anilines is 1. The van der Waals surface area contributed by atoms with Crippen LogP contribution in [0.1, 0.15) is 37.8 Å². The first-order chi connectivity index (χ1) is 14.2. The third-order valence-corrected chi connectivity index (χ3v) is 4.99. The van der Waals surface area contributed by atoms with E-state index in [1.165, 1.54) is 5.56 Å². The molecule has 1 aliphatic rings. The van der Waals surface area contributed by atoms with Crippen LogP contribution in [0.3, 0.4) is 0 Å². The molecule has 1 atom stereocenters. The summed E-state index contributed by atoms with van der Waals surface area (Å²) in [4.78, 5) is 10.8. The fourth-order valence-corrected chi connectivity index (χ4v) is 3.49. The van der Waals surface area contributed by atoms with E-state index in [9.17, 15) is 0 Å². The van der Waals surface area contributed by atoms with E-state index in [0.717, 1.165) is 42.9 Å². The Bertz CT molecular complexity index is 975. The van der Waals surface area contributed by atoms with E-state index in [4.69, 9.17) is 5.26 Å². The van der Waals surface area contributed by atoms with Crippen molar-refractivity contribution in [1.29, 1.82) is 5.26 Å². The average Bonchev–Trinajstić information content (AvgIpc) is 3.28. The Balaban J connectivity index is 0.00000104. The standard InChI is InChI=1S/C21H20N6.C2H6.HI/c1-15-19(13-16-4-6-17(14-22)7-5-16)3-2-12-27(15)21-24-20(25-26-21)18-8-10-23-11-9-18;1-2;/h4-11,19H,1-3,12-13H2,(H,24,25,26);1-2H3;1H. The number of H-pyrrole nitrogens is 1. The summed E-state index contributed by atoms with van der Waals surface area (Å²) < 4.78 is 0. The Morgan fingerprint density at radius 3 is 2.53 bits per heavy atom. The summed E-state index contributed by atoms with van der Waals surface area (Å²) in [6.07, 6.45) is 6.55. The number of nitrogens with zero attached hydrogens (tertiary/aromatic N) is 5. The molecule has 3 heterocycles. The molecule has 30 heavy (non-hydrogen) atoms. The van der Waals surface area contributed by atoms with Crippen molar-refractivity contribution in [3.05, 3.63) is 72.2 Å². The third-order valence-electron chi connectivity index (χ3n) is 4.99. The second-order valence-electron chi connectivity index (χ2n) is 6.71. The number of halogens is 1. The first kappa shape index (κ1) is 23.5. The summed E-state index contributed by atoms with van der Waals surface area (Å²) in [6, 6.07) is 13.8. The first-order valence-electron chi connectivity index (χ1n) is 10.0. The molecule has 3 aromatic rings. The second kappa shape index (κ2) is 11.5. The minimum Gasteiger partial charge on any atom is -0.313 e. The van der Waals surface area contributed by atoms with Crippen molar-refractivity contribution in [2.75, 3.05) is 11.4 Å². The smallest absolute Gasteiger partial charge is 0.249 e. The Kier molecular flexibility index (Phi) is 8.99. The maximum Gasteiger partial charge on any atom is 0.249 e. The SMILES string of the molecule is C=C1C(Cc2ccc(C#N)cc2)CCCN1c1n[nH]c(-c2ccncc2)n1.CC.I. The number of allylic oxidation sites excluding steroid dienone is 1. The number of aromatic amines is 1. The summed E-state index contributed by atoms with van der Waals surface area (Å²) >= 11 is 0. The van der Waals surface area contributed by atoms with Crippen LogP contribution in [-0.2, 0) is 6.42 Å². The van der Waals surface area contributed by atoms with E-state index >= 15 is 0 Å². The maximum atomic E-state index is 8.95. The molecule has 4 rings (SSSR count). The van der Waals surface area contributed by atoms with Gasteiger partial charge in [-0.15, -0.1) is 29.1 Å². The highest BCUT2D eigenvalue weighted by atomic mass is 127. The van der Waals surface area contributed by atoms with Gasteiger partial charge in [-0.3, -0.25) is 10.1 Å². The Morgan fingerprint density at radius 2 is 1.87 bits per heavy atom. The number of hydrogen-bond donors (Lipinski definition) is 1. The zero-order valence-electron chi connectivity index (χ0n) is 17.4. The molecule has 1 saturated heterocycles. The second-order valence-corrected chi connectivity index (χ2v) is 6.71. The molecule has 1 N–H and O–H groups in total. The van der Waals surface area contributed by atoms with Crippen LogP contribution in [0, 0.1) is 17.2 Å². The van der Waals surface area contributed by atoms with E-state index in [2.05, 4.69) is 37.7 Å². The zero-order chi connectivity index (χ0) is 20.6. The molecule has 0 aliphatic carbocycles. The molecule has 1 aliphatic heterocycles. The third kappa shape index (κ3) is 5.45. The van der Waals surface area contributed by atoms with Crippen LogP contribution in [0.15, 0.2) is 61.1 Å². The van der Waals surface area contributed by atoms with Crippen molar-refractivity contribution in [3.63, 3.8) is 0 Å². The lowest BCUT2D eigenvalue weighted by Gasteiger charge is -2.34. The number of piperidine rings is 1. The van der Waals surface area contributed by atoms with E-state index in [1.807, 2.05) is 50.2 Å². The normalized spacial score (nSPS) is 15.4.